The minimum Gasteiger partial charge on any atom is -0.352 e. The molecule has 0 atom stereocenters. The van der Waals surface area contributed by atoms with Crippen LogP contribution in [0.1, 0.15) is 16.8 Å². The maximum atomic E-state index is 12.1. The highest BCUT2D eigenvalue weighted by atomic mass is 35.5. The molecule has 3 aromatic rings. The van der Waals surface area contributed by atoms with Gasteiger partial charge in [-0.05, 0) is 30.3 Å². The first kappa shape index (κ1) is 16.4. The molecule has 122 valence electrons. The topological polar surface area (TPSA) is 71.1 Å². The lowest BCUT2D eigenvalue weighted by molar-refractivity contribution is -0.116. The van der Waals surface area contributed by atoms with Crippen molar-refractivity contribution in [2.75, 3.05) is 11.9 Å². The third-order valence-electron chi connectivity index (χ3n) is 3.32. The van der Waals surface area contributed by atoms with Crippen molar-refractivity contribution in [2.24, 2.45) is 0 Å². The predicted molar refractivity (Wildman–Crippen MR) is 96.7 cm³/mol. The van der Waals surface area contributed by atoms with Gasteiger partial charge in [0, 0.05) is 24.2 Å². The lowest BCUT2D eigenvalue weighted by atomic mass is 10.2. The number of nitrogens with one attached hydrogen (secondary N) is 2. The molecule has 0 radical (unpaired) electrons. The van der Waals surface area contributed by atoms with E-state index >= 15 is 0 Å². The zero-order valence-corrected chi connectivity index (χ0v) is 14.2. The highest BCUT2D eigenvalue weighted by Gasteiger charge is 2.09. The average molecular weight is 360 g/mol. The first-order chi connectivity index (χ1) is 11.6. The van der Waals surface area contributed by atoms with Crippen LogP contribution < -0.4 is 10.6 Å². The molecule has 0 saturated heterocycles. The summed E-state index contributed by atoms with van der Waals surface area (Å²) in [6.07, 6.45) is 0.204. The second-order valence-corrected chi connectivity index (χ2v) is 6.68. The number of carbonyl (C=O) groups is 2. The summed E-state index contributed by atoms with van der Waals surface area (Å²) < 4.78 is 1.30. The minimum atomic E-state index is -0.228. The highest BCUT2D eigenvalue weighted by Crippen LogP contribution is 2.26. The van der Waals surface area contributed by atoms with Crippen LogP contribution in [0.5, 0.6) is 0 Å². The second kappa shape index (κ2) is 7.42. The first-order valence-corrected chi connectivity index (χ1v) is 8.50. The van der Waals surface area contributed by atoms with Gasteiger partial charge in [0.15, 0.2) is 4.47 Å². The Bertz CT molecular complexity index is 880. The number of hydrogen-bond donors (Lipinski definition) is 2. The van der Waals surface area contributed by atoms with Crippen molar-refractivity contribution in [3.05, 3.63) is 58.6 Å². The summed E-state index contributed by atoms with van der Waals surface area (Å²) in [7, 11) is 0. The van der Waals surface area contributed by atoms with Crippen LogP contribution in [0.15, 0.2) is 48.5 Å². The maximum Gasteiger partial charge on any atom is 0.251 e. The van der Waals surface area contributed by atoms with Crippen molar-refractivity contribution in [2.45, 2.75) is 6.42 Å². The van der Waals surface area contributed by atoms with Crippen LogP contribution in [0.25, 0.3) is 10.2 Å². The number of carbonyl (C=O) groups excluding carboxylic acids is 2. The molecule has 0 unspecified atom stereocenters. The first-order valence-electron chi connectivity index (χ1n) is 7.31. The molecule has 2 amide bonds. The molecule has 24 heavy (non-hydrogen) atoms. The van der Waals surface area contributed by atoms with Crippen LogP contribution >= 0.6 is 22.9 Å². The Labute approximate surface area is 147 Å². The highest BCUT2D eigenvalue weighted by molar-refractivity contribution is 7.22. The van der Waals surface area contributed by atoms with E-state index in [-0.39, 0.29) is 24.8 Å². The standard InChI is InChI=1S/C17H14ClN3O2S/c18-17-21-13-7-6-11(10-14(13)24-17)16(23)19-9-8-15(22)20-12-4-2-1-3-5-12/h1-7,10H,8-9H2,(H,19,23)(H,20,22). The van der Waals surface area contributed by atoms with Crippen molar-refractivity contribution < 1.29 is 9.59 Å². The molecule has 0 aliphatic rings. The van der Waals surface area contributed by atoms with Crippen LogP contribution in [-0.4, -0.2) is 23.3 Å². The normalized spacial score (nSPS) is 10.5. The molecule has 1 aromatic heterocycles. The van der Waals surface area contributed by atoms with Gasteiger partial charge in [-0.25, -0.2) is 4.98 Å². The summed E-state index contributed by atoms with van der Waals surface area (Å²) in [6, 6.07) is 14.4. The summed E-state index contributed by atoms with van der Waals surface area (Å²) >= 11 is 7.19. The molecule has 7 heteroatoms. The fourth-order valence-electron chi connectivity index (χ4n) is 2.17. The number of rotatable bonds is 5. The van der Waals surface area contributed by atoms with Crippen LogP contribution in [-0.2, 0) is 4.79 Å². The van der Waals surface area contributed by atoms with Crippen molar-refractivity contribution in [3.63, 3.8) is 0 Å². The third-order valence-corrected chi connectivity index (χ3v) is 4.44. The van der Waals surface area contributed by atoms with Gasteiger partial charge in [-0.15, -0.1) is 11.3 Å². The van der Waals surface area contributed by atoms with Crippen molar-refractivity contribution >= 4 is 50.7 Å². The molecule has 3 rings (SSSR count). The maximum absolute atomic E-state index is 12.1. The third kappa shape index (κ3) is 4.10. The molecule has 5 nitrogen and oxygen atoms in total. The SMILES string of the molecule is O=C(CCNC(=O)c1ccc2nc(Cl)sc2c1)Nc1ccccc1. The van der Waals surface area contributed by atoms with E-state index in [2.05, 4.69) is 15.6 Å². The Balaban J connectivity index is 1.52. The molecular weight excluding hydrogens is 346 g/mol. The molecule has 2 N–H and O–H groups in total. The Morgan fingerprint density at radius 1 is 1.12 bits per heavy atom. The van der Waals surface area contributed by atoms with Gasteiger partial charge in [-0.1, -0.05) is 29.8 Å². The number of amides is 2. The van der Waals surface area contributed by atoms with E-state index in [0.29, 0.717) is 10.0 Å². The number of halogens is 1. The minimum absolute atomic E-state index is 0.147. The van der Waals surface area contributed by atoms with Crippen LogP contribution in [0.4, 0.5) is 5.69 Å². The summed E-state index contributed by atoms with van der Waals surface area (Å²) in [4.78, 5) is 28.1. The zero-order chi connectivity index (χ0) is 16.9. The van der Waals surface area contributed by atoms with E-state index in [0.717, 1.165) is 15.9 Å². The lowest BCUT2D eigenvalue weighted by Crippen LogP contribution is -2.27. The number of anilines is 1. The van der Waals surface area contributed by atoms with E-state index in [9.17, 15) is 9.59 Å². The van der Waals surface area contributed by atoms with Gasteiger partial charge in [-0.3, -0.25) is 9.59 Å². The van der Waals surface area contributed by atoms with Crippen LogP contribution in [0, 0.1) is 0 Å². The van der Waals surface area contributed by atoms with Crippen LogP contribution in [0.2, 0.25) is 4.47 Å². The van der Waals surface area contributed by atoms with Gasteiger partial charge in [0.2, 0.25) is 5.91 Å². The van der Waals surface area contributed by atoms with Gasteiger partial charge in [0.05, 0.1) is 10.2 Å². The summed E-state index contributed by atoms with van der Waals surface area (Å²) in [5.74, 6) is -0.375. The van der Waals surface area contributed by atoms with E-state index in [1.165, 1.54) is 11.3 Å². The van der Waals surface area contributed by atoms with Crippen LogP contribution in [0.3, 0.4) is 0 Å². The largest absolute Gasteiger partial charge is 0.352 e. The Hall–Kier alpha value is -2.44. The fourth-order valence-corrected chi connectivity index (χ4v) is 3.24. The second-order valence-electron chi connectivity index (χ2n) is 5.07. The average Bonchev–Trinajstić information content (AvgIpc) is 2.94. The van der Waals surface area contributed by atoms with Gasteiger partial charge in [0.1, 0.15) is 0 Å². The number of nitrogens with zero attached hydrogens (tertiary/aromatic N) is 1. The van der Waals surface area contributed by atoms with Crippen molar-refractivity contribution in [1.29, 1.82) is 0 Å². The Morgan fingerprint density at radius 3 is 2.71 bits per heavy atom. The number of para-hydroxylation sites is 1. The van der Waals surface area contributed by atoms with E-state index in [1.807, 2.05) is 30.3 Å². The van der Waals surface area contributed by atoms with E-state index < -0.39 is 0 Å². The summed E-state index contributed by atoms with van der Waals surface area (Å²) in [5.41, 5.74) is 2.02. The number of thiazole rings is 1. The van der Waals surface area contributed by atoms with Crippen molar-refractivity contribution in [3.8, 4) is 0 Å². The molecule has 0 fully saturated rings. The molecular formula is C17H14ClN3O2S. The van der Waals surface area contributed by atoms with Gasteiger partial charge >= 0.3 is 0 Å². The molecule has 0 aliphatic heterocycles. The lowest BCUT2D eigenvalue weighted by Gasteiger charge is -2.07. The molecule has 0 spiro atoms. The molecule has 0 saturated carbocycles. The van der Waals surface area contributed by atoms with Gasteiger partial charge in [-0.2, -0.15) is 0 Å². The number of benzene rings is 2. The molecule has 0 aliphatic carbocycles. The Morgan fingerprint density at radius 2 is 1.92 bits per heavy atom. The smallest absolute Gasteiger partial charge is 0.251 e. The van der Waals surface area contributed by atoms with Gasteiger partial charge < -0.3 is 10.6 Å². The zero-order valence-electron chi connectivity index (χ0n) is 12.6. The Kier molecular flexibility index (Phi) is 5.08. The predicted octanol–water partition coefficient (Wildman–Crippen LogP) is 3.71. The molecule has 1 heterocycles. The number of fused-ring (bicyclic) bond motifs is 1. The summed E-state index contributed by atoms with van der Waals surface area (Å²) in [5, 5.41) is 5.51. The molecule has 0 bridgehead atoms. The monoisotopic (exact) mass is 359 g/mol. The number of hydrogen-bond acceptors (Lipinski definition) is 4. The van der Waals surface area contributed by atoms with E-state index in [4.69, 9.17) is 11.6 Å². The summed E-state index contributed by atoms with van der Waals surface area (Å²) in [6.45, 7) is 0.263. The molecule has 2 aromatic carbocycles. The van der Waals surface area contributed by atoms with E-state index in [1.54, 1.807) is 18.2 Å². The van der Waals surface area contributed by atoms with Gasteiger partial charge in [0.25, 0.3) is 5.91 Å². The number of aromatic nitrogens is 1. The quantitative estimate of drug-likeness (QED) is 0.729. The fraction of sp³-hybridized carbons (Fsp3) is 0.118. The van der Waals surface area contributed by atoms with Crippen molar-refractivity contribution in [1.82, 2.24) is 10.3 Å².